The Balaban J connectivity index is 2.17. The third-order valence-electron chi connectivity index (χ3n) is 2.79. The van der Waals surface area contributed by atoms with Crippen molar-refractivity contribution in [3.05, 3.63) is 44.8 Å². The first-order valence-corrected chi connectivity index (χ1v) is 7.73. The second-order valence-electron chi connectivity index (χ2n) is 3.98. The number of alkyl halides is 1. The summed E-state index contributed by atoms with van der Waals surface area (Å²) >= 11 is 10.7. The summed E-state index contributed by atoms with van der Waals surface area (Å²) in [6.07, 6.45) is 0. The lowest BCUT2D eigenvalue weighted by molar-refractivity contribution is 0.622. The second-order valence-corrected chi connectivity index (χ2v) is 5.82. The van der Waals surface area contributed by atoms with E-state index in [1.807, 2.05) is 9.95 Å². The summed E-state index contributed by atoms with van der Waals surface area (Å²) < 4.78 is 15.9. The molecule has 0 spiro atoms. The molecule has 2 heterocycles. The maximum atomic E-state index is 13.5. The first kappa shape index (κ1) is 13.0. The molecule has 0 amide bonds. The minimum absolute atomic E-state index is 0.276. The maximum Gasteiger partial charge on any atom is 0.139 e. The number of rotatable bonds is 3. The van der Waals surface area contributed by atoms with Gasteiger partial charge in [0.25, 0.3) is 0 Å². The summed E-state index contributed by atoms with van der Waals surface area (Å²) in [6, 6.07) is 3.13. The van der Waals surface area contributed by atoms with Crippen molar-refractivity contribution < 1.29 is 4.39 Å². The Kier molecular flexibility index (Phi) is 3.56. The molecule has 2 aromatic heterocycles. The fraction of sp³-hybridized carbons (Fsp3) is 0.167. The summed E-state index contributed by atoms with van der Waals surface area (Å²) in [4.78, 5) is 8.61. The zero-order valence-corrected chi connectivity index (χ0v) is 12.8. The minimum atomic E-state index is -0.327. The lowest BCUT2D eigenvalue weighted by Gasteiger charge is -2.05. The first-order valence-electron chi connectivity index (χ1n) is 5.46. The molecular formula is C12H8BrClFN3S. The number of fused-ring (bicyclic) bond motifs is 1. The van der Waals surface area contributed by atoms with Crippen LogP contribution in [0.15, 0.2) is 27.5 Å². The van der Waals surface area contributed by atoms with Crippen molar-refractivity contribution in [1.82, 2.24) is 14.5 Å². The van der Waals surface area contributed by atoms with Gasteiger partial charge in [-0.2, -0.15) is 0 Å². The average molecular weight is 361 g/mol. The van der Waals surface area contributed by atoms with E-state index in [0.717, 1.165) is 11.2 Å². The van der Waals surface area contributed by atoms with Crippen LogP contribution in [0, 0.1) is 5.82 Å². The molecule has 0 fully saturated rings. The van der Waals surface area contributed by atoms with Crippen LogP contribution in [0.5, 0.6) is 0 Å². The van der Waals surface area contributed by atoms with Gasteiger partial charge in [0.2, 0.25) is 0 Å². The molecule has 98 valence electrons. The number of hydrogen-bond acceptors (Lipinski definition) is 3. The molecule has 0 unspecified atom stereocenters. The highest BCUT2D eigenvalue weighted by Crippen LogP contribution is 2.25. The molecule has 0 bridgehead atoms. The van der Waals surface area contributed by atoms with Gasteiger partial charge in [-0.15, -0.1) is 22.9 Å². The number of halogens is 3. The highest BCUT2D eigenvalue weighted by atomic mass is 79.9. The van der Waals surface area contributed by atoms with E-state index in [-0.39, 0.29) is 11.7 Å². The van der Waals surface area contributed by atoms with Crippen LogP contribution in [0.3, 0.4) is 0 Å². The average Bonchev–Trinajstić information content (AvgIpc) is 3.00. The SMILES string of the molecule is Fc1cc2nc(CCl)n(Cc3cscn3)c2cc1Br. The fourth-order valence-corrected chi connectivity index (χ4v) is 3.01. The van der Waals surface area contributed by atoms with Crippen LogP contribution in [0.2, 0.25) is 0 Å². The molecule has 0 radical (unpaired) electrons. The molecule has 0 atom stereocenters. The zero-order chi connectivity index (χ0) is 13.4. The second kappa shape index (κ2) is 5.19. The highest BCUT2D eigenvalue weighted by Gasteiger charge is 2.13. The molecule has 0 aliphatic carbocycles. The Labute approximate surface area is 126 Å². The van der Waals surface area contributed by atoms with Crippen molar-refractivity contribution in [1.29, 1.82) is 0 Å². The van der Waals surface area contributed by atoms with Crippen LogP contribution >= 0.6 is 38.9 Å². The lowest BCUT2D eigenvalue weighted by atomic mass is 10.3. The zero-order valence-electron chi connectivity index (χ0n) is 9.61. The molecule has 3 aromatic rings. The van der Waals surface area contributed by atoms with Crippen molar-refractivity contribution in [3.8, 4) is 0 Å². The predicted molar refractivity (Wildman–Crippen MR) is 78.2 cm³/mol. The first-order chi connectivity index (χ1) is 9.19. The van der Waals surface area contributed by atoms with E-state index in [1.165, 1.54) is 17.4 Å². The van der Waals surface area contributed by atoms with Crippen LogP contribution in [0.25, 0.3) is 11.0 Å². The van der Waals surface area contributed by atoms with Gasteiger partial charge in [-0.05, 0) is 22.0 Å². The number of nitrogens with zero attached hydrogens (tertiary/aromatic N) is 3. The van der Waals surface area contributed by atoms with Crippen molar-refractivity contribution in [3.63, 3.8) is 0 Å². The number of benzene rings is 1. The van der Waals surface area contributed by atoms with Crippen molar-refractivity contribution >= 4 is 49.9 Å². The molecule has 0 aliphatic heterocycles. The normalized spacial score (nSPS) is 11.3. The topological polar surface area (TPSA) is 30.7 Å². The minimum Gasteiger partial charge on any atom is -0.321 e. The summed E-state index contributed by atoms with van der Waals surface area (Å²) in [7, 11) is 0. The number of imidazole rings is 1. The fourth-order valence-electron chi connectivity index (χ4n) is 1.93. The predicted octanol–water partition coefficient (Wildman–Crippen LogP) is 4.18. The summed E-state index contributed by atoms with van der Waals surface area (Å²) in [5.74, 6) is 0.659. The summed E-state index contributed by atoms with van der Waals surface area (Å²) in [6.45, 7) is 0.583. The number of aromatic nitrogens is 3. The van der Waals surface area contributed by atoms with E-state index in [2.05, 4.69) is 25.9 Å². The Morgan fingerprint density at radius 1 is 1.42 bits per heavy atom. The monoisotopic (exact) mass is 359 g/mol. The van der Waals surface area contributed by atoms with Crippen LogP contribution < -0.4 is 0 Å². The Hall–Kier alpha value is -0.980. The van der Waals surface area contributed by atoms with Crippen LogP contribution in [-0.2, 0) is 12.4 Å². The quantitative estimate of drug-likeness (QED) is 0.656. The summed E-state index contributed by atoms with van der Waals surface area (Å²) in [5, 5.41) is 1.97. The van der Waals surface area contributed by atoms with Gasteiger partial charge in [-0.1, -0.05) is 0 Å². The molecule has 3 rings (SSSR count). The van der Waals surface area contributed by atoms with Gasteiger partial charge in [0, 0.05) is 11.4 Å². The number of hydrogen-bond donors (Lipinski definition) is 0. The smallest absolute Gasteiger partial charge is 0.139 e. The molecule has 3 nitrogen and oxygen atoms in total. The molecule has 0 saturated heterocycles. The Morgan fingerprint density at radius 3 is 2.95 bits per heavy atom. The van der Waals surface area contributed by atoms with Crippen molar-refractivity contribution in [2.75, 3.05) is 0 Å². The molecule has 1 aromatic carbocycles. The van der Waals surface area contributed by atoms with E-state index in [1.54, 1.807) is 11.6 Å². The molecule has 0 aliphatic rings. The molecule has 19 heavy (non-hydrogen) atoms. The van der Waals surface area contributed by atoms with E-state index in [9.17, 15) is 4.39 Å². The molecule has 7 heteroatoms. The largest absolute Gasteiger partial charge is 0.321 e. The van der Waals surface area contributed by atoms with Crippen LogP contribution in [-0.4, -0.2) is 14.5 Å². The van der Waals surface area contributed by atoms with E-state index in [4.69, 9.17) is 11.6 Å². The highest BCUT2D eigenvalue weighted by molar-refractivity contribution is 9.10. The van der Waals surface area contributed by atoms with Gasteiger partial charge >= 0.3 is 0 Å². The van der Waals surface area contributed by atoms with E-state index < -0.39 is 0 Å². The maximum absolute atomic E-state index is 13.5. The van der Waals surface area contributed by atoms with Gasteiger partial charge in [0.15, 0.2) is 0 Å². The molecular weight excluding hydrogens is 353 g/mol. The third-order valence-corrected chi connectivity index (χ3v) is 4.27. The Morgan fingerprint density at radius 2 is 2.26 bits per heavy atom. The van der Waals surface area contributed by atoms with E-state index >= 15 is 0 Å². The van der Waals surface area contributed by atoms with E-state index in [0.29, 0.717) is 22.4 Å². The van der Waals surface area contributed by atoms with Gasteiger partial charge in [-0.25, -0.2) is 14.4 Å². The Bertz CT molecular complexity index is 726. The lowest BCUT2D eigenvalue weighted by Crippen LogP contribution is -2.04. The van der Waals surface area contributed by atoms with Crippen LogP contribution in [0.1, 0.15) is 11.5 Å². The molecule has 0 saturated carbocycles. The van der Waals surface area contributed by atoms with Crippen LogP contribution in [0.4, 0.5) is 4.39 Å². The third kappa shape index (κ3) is 2.40. The van der Waals surface area contributed by atoms with Crippen molar-refractivity contribution in [2.45, 2.75) is 12.4 Å². The van der Waals surface area contributed by atoms with Gasteiger partial charge in [-0.3, -0.25) is 0 Å². The number of thiazole rings is 1. The van der Waals surface area contributed by atoms with Gasteiger partial charge in [0.1, 0.15) is 11.6 Å². The van der Waals surface area contributed by atoms with Crippen molar-refractivity contribution in [2.24, 2.45) is 0 Å². The summed E-state index contributed by atoms with van der Waals surface area (Å²) in [5.41, 5.74) is 4.17. The van der Waals surface area contributed by atoms with Gasteiger partial charge < -0.3 is 4.57 Å². The van der Waals surface area contributed by atoms with Gasteiger partial charge in [0.05, 0.1) is 39.1 Å². The standard InChI is InChI=1S/C12H8BrClFN3S/c13-8-1-11-10(2-9(8)15)17-12(3-14)18(11)4-7-5-19-6-16-7/h1-2,5-6H,3-4H2. The molecule has 0 N–H and O–H groups in total.